The molecule has 2 atom stereocenters. The molecule has 0 N–H and O–H groups in total. The van der Waals surface area contributed by atoms with Gasteiger partial charge in [-0.1, -0.05) is 30.3 Å². The Labute approximate surface area is 194 Å². The van der Waals surface area contributed by atoms with Crippen molar-refractivity contribution >= 4 is 21.7 Å². The third-order valence-corrected chi connectivity index (χ3v) is 7.11. The van der Waals surface area contributed by atoms with Crippen LogP contribution in [0.5, 0.6) is 11.5 Å². The van der Waals surface area contributed by atoms with E-state index in [1.165, 1.54) is 11.8 Å². The SMILES string of the molecule is CCN(C(=O)C(C)OC(=O)COc1ccc(OCc2ccccc2)cc1)C1CCS(=O)(=O)C1. The van der Waals surface area contributed by atoms with Crippen LogP contribution in [0.25, 0.3) is 0 Å². The Hall–Kier alpha value is -3.07. The molecule has 0 saturated carbocycles. The summed E-state index contributed by atoms with van der Waals surface area (Å²) >= 11 is 0. The molecule has 1 amide bonds. The molecule has 178 valence electrons. The predicted molar refractivity (Wildman–Crippen MR) is 123 cm³/mol. The number of hydrogen-bond acceptors (Lipinski definition) is 7. The second-order valence-electron chi connectivity index (χ2n) is 7.85. The van der Waals surface area contributed by atoms with Crippen molar-refractivity contribution in [1.29, 1.82) is 0 Å². The molecule has 33 heavy (non-hydrogen) atoms. The zero-order valence-corrected chi connectivity index (χ0v) is 19.6. The zero-order chi connectivity index (χ0) is 23.8. The minimum Gasteiger partial charge on any atom is -0.489 e. The van der Waals surface area contributed by atoms with E-state index in [-0.39, 0.29) is 24.2 Å². The molecule has 1 heterocycles. The minimum atomic E-state index is -3.12. The van der Waals surface area contributed by atoms with Crippen molar-refractivity contribution in [3.8, 4) is 11.5 Å². The third kappa shape index (κ3) is 7.21. The summed E-state index contributed by atoms with van der Waals surface area (Å²) in [5.41, 5.74) is 1.06. The molecular formula is C24H29NO7S. The smallest absolute Gasteiger partial charge is 0.344 e. The van der Waals surface area contributed by atoms with E-state index in [2.05, 4.69) is 0 Å². The largest absolute Gasteiger partial charge is 0.489 e. The first kappa shape index (κ1) is 24.6. The fourth-order valence-corrected chi connectivity index (χ4v) is 5.38. The lowest BCUT2D eigenvalue weighted by Crippen LogP contribution is -2.46. The van der Waals surface area contributed by atoms with Gasteiger partial charge >= 0.3 is 5.97 Å². The van der Waals surface area contributed by atoms with Crippen LogP contribution in [0, 0.1) is 0 Å². The molecule has 1 fully saturated rings. The lowest BCUT2D eigenvalue weighted by atomic mass is 10.2. The van der Waals surface area contributed by atoms with Crippen molar-refractivity contribution in [2.45, 2.75) is 39.0 Å². The van der Waals surface area contributed by atoms with Crippen LogP contribution in [-0.2, 0) is 30.8 Å². The fraction of sp³-hybridized carbons (Fsp3) is 0.417. The Balaban J connectivity index is 1.44. The summed E-state index contributed by atoms with van der Waals surface area (Å²) < 4.78 is 39.8. The zero-order valence-electron chi connectivity index (χ0n) is 18.8. The molecule has 0 spiro atoms. The summed E-state index contributed by atoms with van der Waals surface area (Å²) in [6.07, 6.45) is -0.630. The molecule has 8 nitrogen and oxygen atoms in total. The van der Waals surface area contributed by atoms with E-state index in [1.54, 1.807) is 31.2 Å². The molecule has 1 saturated heterocycles. The molecule has 0 radical (unpaired) electrons. The van der Waals surface area contributed by atoms with Crippen LogP contribution in [0.2, 0.25) is 0 Å². The van der Waals surface area contributed by atoms with Gasteiger partial charge in [-0.25, -0.2) is 13.2 Å². The summed E-state index contributed by atoms with van der Waals surface area (Å²) in [5, 5.41) is 0. The molecule has 0 aliphatic carbocycles. The minimum absolute atomic E-state index is 0.0542. The number of hydrogen-bond donors (Lipinski definition) is 0. The second kappa shape index (κ2) is 11.2. The van der Waals surface area contributed by atoms with Crippen molar-refractivity contribution in [3.05, 3.63) is 60.2 Å². The van der Waals surface area contributed by atoms with Gasteiger partial charge in [0.25, 0.3) is 5.91 Å². The number of esters is 1. The van der Waals surface area contributed by atoms with Crippen molar-refractivity contribution in [2.75, 3.05) is 24.7 Å². The molecule has 0 aromatic heterocycles. The maximum absolute atomic E-state index is 12.7. The molecule has 3 rings (SSSR count). The van der Waals surface area contributed by atoms with Gasteiger partial charge in [0, 0.05) is 12.6 Å². The lowest BCUT2D eigenvalue weighted by Gasteiger charge is -2.29. The standard InChI is InChI=1S/C24H29NO7S/c1-3-25(20-13-14-33(28,29)17-20)24(27)18(2)32-23(26)16-31-22-11-9-21(10-12-22)30-15-19-7-5-4-6-8-19/h4-12,18,20H,3,13-17H2,1-2H3. The number of amides is 1. The molecule has 9 heteroatoms. The van der Waals surface area contributed by atoms with Gasteiger partial charge < -0.3 is 19.1 Å². The van der Waals surface area contributed by atoms with Gasteiger partial charge in [0.15, 0.2) is 22.5 Å². The topological polar surface area (TPSA) is 99.2 Å². The number of sulfone groups is 1. The van der Waals surface area contributed by atoms with Crippen molar-refractivity contribution in [1.82, 2.24) is 4.90 Å². The average Bonchev–Trinajstić information content (AvgIpc) is 3.17. The molecule has 2 aromatic carbocycles. The van der Waals surface area contributed by atoms with Crippen LogP contribution in [0.1, 0.15) is 25.8 Å². The number of carbonyl (C=O) groups is 2. The number of likely N-dealkylation sites (N-methyl/N-ethyl adjacent to an activating group) is 1. The summed E-state index contributed by atoms with van der Waals surface area (Å²) in [5.74, 6) is 0.0511. The summed E-state index contributed by atoms with van der Waals surface area (Å²) in [7, 11) is -3.12. The first-order valence-corrected chi connectivity index (χ1v) is 12.7. The van der Waals surface area contributed by atoms with Gasteiger partial charge in [0.1, 0.15) is 18.1 Å². The fourth-order valence-electron chi connectivity index (χ4n) is 3.65. The van der Waals surface area contributed by atoms with E-state index in [1.807, 2.05) is 30.3 Å². The molecule has 1 aliphatic rings. The molecule has 2 aromatic rings. The van der Waals surface area contributed by atoms with Crippen LogP contribution in [0.3, 0.4) is 0 Å². The van der Waals surface area contributed by atoms with Crippen LogP contribution in [-0.4, -0.2) is 62.0 Å². The van der Waals surface area contributed by atoms with Gasteiger partial charge in [0.2, 0.25) is 0 Å². The maximum atomic E-state index is 12.7. The van der Waals surface area contributed by atoms with Gasteiger partial charge in [-0.3, -0.25) is 4.79 Å². The maximum Gasteiger partial charge on any atom is 0.344 e. The van der Waals surface area contributed by atoms with Gasteiger partial charge in [-0.15, -0.1) is 0 Å². The first-order valence-electron chi connectivity index (χ1n) is 10.9. The number of ether oxygens (including phenoxy) is 3. The molecule has 2 unspecified atom stereocenters. The number of rotatable bonds is 10. The number of benzene rings is 2. The second-order valence-corrected chi connectivity index (χ2v) is 10.1. The molecular weight excluding hydrogens is 446 g/mol. The van der Waals surface area contributed by atoms with Gasteiger partial charge in [-0.05, 0) is 50.1 Å². The Morgan fingerprint density at radius 1 is 1.03 bits per heavy atom. The lowest BCUT2D eigenvalue weighted by molar-refractivity contribution is -0.161. The van der Waals surface area contributed by atoms with Gasteiger partial charge in [0.05, 0.1) is 11.5 Å². The van der Waals surface area contributed by atoms with Crippen LogP contribution >= 0.6 is 0 Å². The van der Waals surface area contributed by atoms with E-state index in [0.29, 0.717) is 31.1 Å². The Morgan fingerprint density at radius 3 is 2.24 bits per heavy atom. The van der Waals surface area contributed by atoms with Gasteiger partial charge in [-0.2, -0.15) is 0 Å². The summed E-state index contributed by atoms with van der Waals surface area (Å²) in [6.45, 7) is 3.68. The Kier molecular flexibility index (Phi) is 8.32. The quantitative estimate of drug-likeness (QED) is 0.487. The third-order valence-electron chi connectivity index (χ3n) is 5.36. The van der Waals surface area contributed by atoms with Crippen molar-refractivity contribution in [3.63, 3.8) is 0 Å². The highest BCUT2D eigenvalue weighted by atomic mass is 32.2. The number of carbonyl (C=O) groups excluding carboxylic acids is 2. The van der Waals surface area contributed by atoms with Crippen LogP contribution in [0.4, 0.5) is 0 Å². The van der Waals surface area contributed by atoms with E-state index in [0.717, 1.165) is 5.56 Å². The van der Waals surface area contributed by atoms with Crippen molar-refractivity contribution in [2.24, 2.45) is 0 Å². The average molecular weight is 476 g/mol. The number of nitrogens with zero attached hydrogens (tertiary/aromatic N) is 1. The molecule has 1 aliphatic heterocycles. The highest BCUT2D eigenvalue weighted by molar-refractivity contribution is 7.91. The normalized spacial score (nSPS) is 17.7. The highest BCUT2D eigenvalue weighted by Gasteiger charge is 2.36. The van der Waals surface area contributed by atoms with E-state index < -0.39 is 27.8 Å². The van der Waals surface area contributed by atoms with E-state index in [9.17, 15) is 18.0 Å². The van der Waals surface area contributed by atoms with E-state index in [4.69, 9.17) is 14.2 Å². The van der Waals surface area contributed by atoms with E-state index >= 15 is 0 Å². The Morgan fingerprint density at radius 2 is 1.67 bits per heavy atom. The summed E-state index contributed by atoms with van der Waals surface area (Å²) in [6, 6.07) is 16.3. The first-order chi connectivity index (χ1) is 15.8. The van der Waals surface area contributed by atoms with Crippen LogP contribution in [0.15, 0.2) is 54.6 Å². The Bertz CT molecular complexity index is 1040. The molecule has 0 bridgehead atoms. The monoisotopic (exact) mass is 475 g/mol. The summed E-state index contributed by atoms with van der Waals surface area (Å²) in [4.78, 5) is 26.3. The highest BCUT2D eigenvalue weighted by Crippen LogP contribution is 2.20. The predicted octanol–water partition coefficient (Wildman–Crippen LogP) is 2.61. The van der Waals surface area contributed by atoms with Crippen molar-refractivity contribution < 1.29 is 32.2 Å². The van der Waals surface area contributed by atoms with Crippen LogP contribution < -0.4 is 9.47 Å².